The number of aromatic nitrogens is 3. The minimum absolute atomic E-state index is 0.0919. The number of hydrogen-bond acceptors (Lipinski definition) is 6. The third-order valence-corrected chi connectivity index (χ3v) is 3.82. The molecule has 0 unspecified atom stereocenters. The molecular formula is C16H15N5O4. The number of hydrogen-bond donors (Lipinski definition) is 1. The van der Waals surface area contributed by atoms with Crippen LogP contribution >= 0.6 is 0 Å². The Bertz CT molecular complexity index is 919. The van der Waals surface area contributed by atoms with Gasteiger partial charge in [-0.15, -0.1) is 0 Å². The molecule has 9 nitrogen and oxygen atoms in total. The maximum Gasteiger partial charge on any atom is 0.328 e. The second-order valence-corrected chi connectivity index (χ2v) is 5.59. The van der Waals surface area contributed by atoms with Crippen molar-refractivity contribution in [2.45, 2.75) is 19.1 Å². The predicted molar refractivity (Wildman–Crippen MR) is 85.9 cm³/mol. The first-order valence-corrected chi connectivity index (χ1v) is 7.65. The minimum Gasteiger partial charge on any atom is -0.471 e. The molecule has 3 heterocycles. The first-order chi connectivity index (χ1) is 12.0. The van der Waals surface area contributed by atoms with Crippen LogP contribution in [0, 0.1) is 11.3 Å². The summed E-state index contributed by atoms with van der Waals surface area (Å²) in [6.07, 6.45) is 2.82. The van der Waals surface area contributed by atoms with E-state index in [9.17, 15) is 14.4 Å². The fourth-order valence-electron chi connectivity index (χ4n) is 2.40. The summed E-state index contributed by atoms with van der Waals surface area (Å²) in [7, 11) is 0. The van der Waals surface area contributed by atoms with E-state index < -0.39 is 11.2 Å². The van der Waals surface area contributed by atoms with E-state index in [4.69, 9.17) is 10.00 Å². The van der Waals surface area contributed by atoms with Crippen molar-refractivity contribution in [3.05, 3.63) is 57.0 Å². The maximum absolute atomic E-state index is 12.1. The van der Waals surface area contributed by atoms with Crippen LogP contribution in [-0.4, -0.2) is 44.5 Å². The van der Waals surface area contributed by atoms with Crippen LogP contribution in [-0.2, 0) is 11.3 Å². The Morgan fingerprint density at radius 2 is 2.16 bits per heavy atom. The van der Waals surface area contributed by atoms with Crippen LogP contribution in [0.2, 0.25) is 0 Å². The van der Waals surface area contributed by atoms with Gasteiger partial charge in [-0.1, -0.05) is 0 Å². The summed E-state index contributed by atoms with van der Waals surface area (Å²) >= 11 is 0. The Morgan fingerprint density at radius 3 is 2.80 bits per heavy atom. The quantitative estimate of drug-likeness (QED) is 0.781. The lowest BCUT2D eigenvalue weighted by Gasteiger charge is -2.38. The topological polar surface area (TPSA) is 121 Å². The number of nitrogens with zero attached hydrogens (tertiary/aromatic N) is 4. The first-order valence-electron chi connectivity index (χ1n) is 7.65. The number of carbonyl (C=O) groups excluding carboxylic acids is 1. The van der Waals surface area contributed by atoms with E-state index in [2.05, 4.69) is 9.97 Å². The van der Waals surface area contributed by atoms with Crippen molar-refractivity contribution in [2.24, 2.45) is 0 Å². The summed E-state index contributed by atoms with van der Waals surface area (Å²) in [5.74, 6) is 0.321. The van der Waals surface area contributed by atoms with Crippen molar-refractivity contribution in [1.29, 1.82) is 5.26 Å². The molecule has 0 atom stereocenters. The summed E-state index contributed by atoms with van der Waals surface area (Å²) in [4.78, 5) is 42.4. The first kappa shape index (κ1) is 16.4. The Morgan fingerprint density at radius 1 is 1.36 bits per heavy atom. The molecule has 128 valence electrons. The zero-order chi connectivity index (χ0) is 17.8. The normalized spacial score (nSPS) is 13.8. The smallest absolute Gasteiger partial charge is 0.328 e. The third-order valence-electron chi connectivity index (χ3n) is 3.82. The number of H-pyrrole nitrogens is 1. The standard InChI is InChI=1S/C16H15N5O4/c17-7-11-1-2-14(18-8-11)25-12-9-21(10-12)15(23)4-6-20-5-3-13(22)19-16(20)24/h1-3,5,8,12H,4,6,9-10H2,(H,19,22,24). The lowest BCUT2D eigenvalue weighted by molar-refractivity contribution is -0.140. The molecule has 1 N–H and O–H groups in total. The number of nitriles is 1. The van der Waals surface area contributed by atoms with Gasteiger partial charge in [0.15, 0.2) is 0 Å². The van der Waals surface area contributed by atoms with Crippen LogP contribution in [0.15, 0.2) is 40.2 Å². The highest BCUT2D eigenvalue weighted by molar-refractivity contribution is 5.77. The highest BCUT2D eigenvalue weighted by atomic mass is 16.5. The number of aryl methyl sites for hydroxylation is 1. The fraction of sp³-hybridized carbons (Fsp3) is 0.312. The molecule has 25 heavy (non-hydrogen) atoms. The largest absolute Gasteiger partial charge is 0.471 e. The second-order valence-electron chi connectivity index (χ2n) is 5.59. The Kier molecular flexibility index (Phi) is 4.61. The molecule has 2 aromatic rings. The molecule has 1 aliphatic heterocycles. The van der Waals surface area contributed by atoms with E-state index in [-0.39, 0.29) is 25.0 Å². The van der Waals surface area contributed by atoms with E-state index in [1.165, 1.54) is 23.0 Å². The third kappa shape index (κ3) is 3.92. The number of aromatic amines is 1. The molecule has 2 aromatic heterocycles. The molecule has 1 amide bonds. The van der Waals surface area contributed by atoms with Gasteiger partial charge in [-0.3, -0.25) is 14.6 Å². The Balaban J connectivity index is 1.45. The second kappa shape index (κ2) is 7.00. The number of likely N-dealkylation sites (tertiary alicyclic amines) is 1. The van der Waals surface area contributed by atoms with Crippen LogP contribution in [0.1, 0.15) is 12.0 Å². The summed E-state index contributed by atoms with van der Waals surface area (Å²) in [5, 5.41) is 8.71. The van der Waals surface area contributed by atoms with Crippen LogP contribution in [0.4, 0.5) is 0 Å². The Labute approximate surface area is 142 Å². The van der Waals surface area contributed by atoms with Crippen molar-refractivity contribution in [2.75, 3.05) is 13.1 Å². The van der Waals surface area contributed by atoms with Gasteiger partial charge in [-0.05, 0) is 6.07 Å². The molecule has 3 rings (SSSR count). The van der Waals surface area contributed by atoms with Gasteiger partial charge in [0.1, 0.15) is 12.2 Å². The minimum atomic E-state index is -0.531. The van der Waals surface area contributed by atoms with Gasteiger partial charge in [0.05, 0.1) is 18.7 Å². The van der Waals surface area contributed by atoms with Gasteiger partial charge in [-0.2, -0.15) is 5.26 Å². The number of nitrogens with one attached hydrogen (secondary N) is 1. The van der Waals surface area contributed by atoms with Gasteiger partial charge in [0.25, 0.3) is 5.56 Å². The molecule has 0 aliphatic carbocycles. The van der Waals surface area contributed by atoms with Gasteiger partial charge in [0, 0.05) is 37.5 Å². The highest BCUT2D eigenvalue weighted by Crippen LogP contribution is 2.17. The number of rotatable bonds is 5. The molecule has 0 aromatic carbocycles. The van der Waals surface area contributed by atoms with Gasteiger partial charge >= 0.3 is 5.69 Å². The number of ether oxygens (including phenoxy) is 1. The monoisotopic (exact) mass is 341 g/mol. The lowest BCUT2D eigenvalue weighted by atomic mass is 10.1. The number of pyridine rings is 1. The molecule has 1 aliphatic rings. The van der Waals surface area contributed by atoms with E-state index in [1.807, 2.05) is 6.07 Å². The average Bonchev–Trinajstić information content (AvgIpc) is 2.57. The van der Waals surface area contributed by atoms with Crippen LogP contribution < -0.4 is 16.0 Å². The maximum atomic E-state index is 12.1. The molecular weight excluding hydrogens is 326 g/mol. The summed E-state index contributed by atoms with van der Waals surface area (Å²) in [6, 6.07) is 6.45. The van der Waals surface area contributed by atoms with E-state index in [0.717, 1.165) is 0 Å². The van der Waals surface area contributed by atoms with Crippen molar-refractivity contribution >= 4 is 5.91 Å². The predicted octanol–water partition coefficient (Wildman–Crippen LogP) is -0.517. The highest BCUT2D eigenvalue weighted by Gasteiger charge is 2.32. The summed E-state index contributed by atoms with van der Waals surface area (Å²) < 4.78 is 6.90. The van der Waals surface area contributed by atoms with Gasteiger partial charge in [-0.25, -0.2) is 9.78 Å². The summed E-state index contributed by atoms with van der Waals surface area (Å²) in [6.45, 7) is 1.09. The summed E-state index contributed by atoms with van der Waals surface area (Å²) in [5.41, 5.74) is -0.543. The Hall–Kier alpha value is -3.41. The van der Waals surface area contributed by atoms with Gasteiger partial charge in [0.2, 0.25) is 11.8 Å². The average molecular weight is 341 g/mol. The molecule has 0 radical (unpaired) electrons. The molecule has 9 heteroatoms. The zero-order valence-electron chi connectivity index (χ0n) is 13.2. The molecule has 1 fully saturated rings. The van der Waals surface area contributed by atoms with Crippen LogP contribution in [0.25, 0.3) is 0 Å². The SMILES string of the molecule is N#Cc1ccc(OC2CN(C(=O)CCn3ccc(=O)[nH]c3=O)C2)nc1. The molecule has 0 saturated carbocycles. The zero-order valence-corrected chi connectivity index (χ0v) is 13.2. The van der Waals surface area contributed by atoms with Crippen molar-refractivity contribution in [3.8, 4) is 11.9 Å². The van der Waals surface area contributed by atoms with Crippen LogP contribution in [0.3, 0.4) is 0 Å². The lowest BCUT2D eigenvalue weighted by Crippen LogP contribution is -2.56. The van der Waals surface area contributed by atoms with Crippen molar-refractivity contribution in [1.82, 2.24) is 19.4 Å². The van der Waals surface area contributed by atoms with E-state index >= 15 is 0 Å². The molecule has 1 saturated heterocycles. The van der Waals surface area contributed by atoms with E-state index in [1.54, 1.807) is 17.0 Å². The van der Waals surface area contributed by atoms with Crippen LogP contribution in [0.5, 0.6) is 5.88 Å². The molecule has 0 bridgehead atoms. The van der Waals surface area contributed by atoms with E-state index in [0.29, 0.717) is 24.5 Å². The number of carbonyl (C=O) groups is 1. The molecule has 0 spiro atoms. The number of amides is 1. The van der Waals surface area contributed by atoms with Gasteiger partial charge < -0.3 is 14.2 Å². The van der Waals surface area contributed by atoms with Crippen molar-refractivity contribution < 1.29 is 9.53 Å². The van der Waals surface area contributed by atoms with Crippen molar-refractivity contribution in [3.63, 3.8) is 0 Å². The fourth-order valence-corrected chi connectivity index (χ4v) is 2.40.